The van der Waals surface area contributed by atoms with E-state index in [1.54, 1.807) is 39.0 Å². The fraction of sp³-hybridized carbons (Fsp3) is 0.259. The van der Waals surface area contributed by atoms with E-state index in [1.807, 2.05) is 0 Å². The Morgan fingerprint density at radius 3 is 2.25 bits per heavy atom. The summed E-state index contributed by atoms with van der Waals surface area (Å²) in [4.78, 5) is 44.6. The van der Waals surface area contributed by atoms with Crippen molar-refractivity contribution in [1.29, 1.82) is 0 Å². The van der Waals surface area contributed by atoms with E-state index in [9.17, 15) is 23.2 Å². The average molecular weight is 495 g/mol. The number of hydrogen-bond acceptors (Lipinski definition) is 4. The topological polar surface area (TPSA) is 91.4 Å². The Kier molecular flexibility index (Phi) is 8.47. The van der Waals surface area contributed by atoms with Gasteiger partial charge in [-0.3, -0.25) is 19.3 Å². The molecule has 0 radical (unpaired) electrons. The van der Waals surface area contributed by atoms with E-state index in [4.69, 9.17) is 0 Å². The first-order valence-electron chi connectivity index (χ1n) is 11.4. The molecule has 0 saturated heterocycles. The predicted molar refractivity (Wildman–Crippen MR) is 133 cm³/mol. The van der Waals surface area contributed by atoms with Crippen molar-refractivity contribution < 1.29 is 23.2 Å². The molecule has 36 heavy (non-hydrogen) atoms. The highest BCUT2D eigenvalue weighted by Crippen LogP contribution is 2.30. The van der Waals surface area contributed by atoms with Gasteiger partial charge >= 0.3 is 0 Å². The van der Waals surface area contributed by atoms with Crippen molar-refractivity contribution in [3.05, 3.63) is 90.1 Å². The van der Waals surface area contributed by atoms with Crippen molar-refractivity contribution in [3.63, 3.8) is 0 Å². The van der Waals surface area contributed by atoms with Gasteiger partial charge in [0.15, 0.2) is 0 Å². The first-order chi connectivity index (χ1) is 17.0. The largest absolute Gasteiger partial charge is 0.349 e. The molecule has 3 rings (SSSR count). The third-order valence-corrected chi connectivity index (χ3v) is 5.04. The van der Waals surface area contributed by atoms with E-state index < -0.39 is 40.9 Å². The highest BCUT2D eigenvalue weighted by Gasteiger charge is 2.34. The minimum Gasteiger partial charge on any atom is -0.349 e. The van der Waals surface area contributed by atoms with Crippen LogP contribution in [-0.2, 0) is 14.4 Å². The van der Waals surface area contributed by atoms with Gasteiger partial charge in [0.1, 0.15) is 23.5 Å². The number of amides is 3. The number of benzene rings is 2. The molecular formula is C27H28F2N4O3. The number of halogens is 2. The molecule has 0 unspecified atom stereocenters. The second-order valence-corrected chi connectivity index (χ2v) is 9.20. The summed E-state index contributed by atoms with van der Waals surface area (Å²) in [6, 6.07) is 14.2. The van der Waals surface area contributed by atoms with E-state index in [1.165, 1.54) is 48.7 Å². The maximum absolute atomic E-state index is 14.2. The molecule has 7 nitrogen and oxygen atoms in total. The Bertz CT molecular complexity index is 1210. The number of hydrogen-bond donors (Lipinski definition) is 2. The van der Waals surface area contributed by atoms with Gasteiger partial charge in [0.25, 0.3) is 0 Å². The molecule has 1 atom stereocenters. The lowest BCUT2D eigenvalue weighted by molar-refractivity contribution is -0.128. The molecule has 3 amide bonds. The van der Waals surface area contributed by atoms with E-state index >= 15 is 0 Å². The van der Waals surface area contributed by atoms with Crippen LogP contribution in [0.4, 0.5) is 20.3 Å². The summed E-state index contributed by atoms with van der Waals surface area (Å²) in [5, 5.41) is 5.45. The maximum atomic E-state index is 14.2. The monoisotopic (exact) mass is 494 g/mol. The summed E-state index contributed by atoms with van der Waals surface area (Å²) >= 11 is 0. The van der Waals surface area contributed by atoms with Crippen LogP contribution in [0.1, 0.15) is 45.2 Å². The number of carbonyl (C=O) groups excluding carboxylic acids is 3. The van der Waals surface area contributed by atoms with Gasteiger partial charge in [-0.1, -0.05) is 24.3 Å². The summed E-state index contributed by atoms with van der Waals surface area (Å²) in [6.45, 7) is 5.34. The molecule has 188 valence electrons. The summed E-state index contributed by atoms with van der Waals surface area (Å²) in [5.74, 6) is -2.35. The lowest BCUT2D eigenvalue weighted by atomic mass is 10.00. The van der Waals surface area contributed by atoms with Crippen LogP contribution in [0.3, 0.4) is 0 Å². The van der Waals surface area contributed by atoms with Gasteiger partial charge in [-0.05, 0) is 68.8 Å². The minimum atomic E-state index is -1.24. The van der Waals surface area contributed by atoms with Crippen LogP contribution in [0.25, 0.3) is 0 Å². The minimum absolute atomic E-state index is 0.128. The number of carbonyl (C=O) groups is 3. The Morgan fingerprint density at radius 2 is 1.64 bits per heavy atom. The van der Waals surface area contributed by atoms with Crippen LogP contribution in [0, 0.1) is 11.6 Å². The van der Waals surface area contributed by atoms with Crippen LogP contribution in [0.15, 0.2) is 72.9 Å². The lowest BCUT2D eigenvalue weighted by Crippen LogP contribution is -2.49. The van der Waals surface area contributed by atoms with Crippen molar-refractivity contribution in [2.45, 2.75) is 45.2 Å². The Morgan fingerprint density at radius 1 is 0.917 bits per heavy atom. The van der Waals surface area contributed by atoms with Crippen molar-refractivity contribution in [3.8, 4) is 0 Å². The van der Waals surface area contributed by atoms with Crippen LogP contribution < -0.4 is 15.5 Å². The Balaban J connectivity index is 1.95. The molecule has 2 N–H and O–H groups in total. The molecule has 0 aliphatic rings. The van der Waals surface area contributed by atoms with Crippen molar-refractivity contribution >= 4 is 29.2 Å². The van der Waals surface area contributed by atoms with Crippen LogP contribution in [0.5, 0.6) is 0 Å². The van der Waals surface area contributed by atoms with Crippen molar-refractivity contribution in [2.75, 3.05) is 10.2 Å². The van der Waals surface area contributed by atoms with Crippen molar-refractivity contribution in [2.24, 2.45) is 0 Å². The van der Waals surface area contributed by atoms with Gasteiger partial charge in [0.2, 0.25) is 17.7 Å². The number of rotatable bonds is 8. The van der Waals surface area contributed by atoms with Crippen molar-refractivity contribution in [1.82, 2.24) is 10.3 Å². The number of nitrogens with zero attached hydrogens (tertiary/aromatic N) is 2. The lowest BCUT2D eigenvalue weighted by Gasteiger charge is -2.34. The van der Waals surface area contributed by atoms with Gasteiger partial charge in [0.05, 0.1) is 0 Å². The van der Waals surface area contributed by atoms with E-state index in [-0.39, 0.29) is 18.5 Å². The van der Waals surface area contributed by atoms with Gasteiger partial charge in [-0.15, -0.1) is 0 Å². The number of anilines is 2. The quantitative estimate of drug-likeness (QED) is 0.472. The third kappa shape index (κ3) is 7.43. The maximum Gasteiger partial charge on any atom is 0.248 e. The molecule has 1 heterocycles. The number of pyridine rings is 1. The molecular weight excluding hydrogens is 466 g/mol. The first-order valence-corrected chi connectivity index (χ1v) is 11.4. The molecule has 2 aromatic carbocycles. The second-order valence-electron chi connectivity index (χ2n) is 9.20. The first kappa shape index (κ1) is 26.5. The zero-order valence-corrected chi connectivity index (χ0v) is 20.3. The van der Waals surface area contributed by atoms with Gasteiger partial charge in [-0.2, -0.15) is 0 Å². The van der Waals surface area contributed by atoms with E-state index in [0.29, 0.717) is 11.4 Å². The summed E-state index contributed by atoms with van der Waals surface area (Å²) in [7, 11) is 0. The standard InChI is InChI=1S/C27H28F2N4O3/c1-27(2,3)32-26(36)25(18-10-12-19(28)13-11-18)33(21-8-6-7-20(29)17-21)24(35)15-14-23(34)31-22-9-4-5-16-30-22/h4-13,16-17,25H,14-15H2,1-3H3,(H,32,36)(H,30,31,34)/t25-/m0/s1. The second kappa shape index (κ2) is 11.5. The van der Waals surface area contributed by atoms with Crippen LogP contribution >= 0.6 is 0 Å². The van der Waals surface area contributed by atoms with Crippen LogP contribution in [0.2, 0.25) is 0 Å². The predicted octanol–water partition coefficient (Wildman–Crippen LogP) is 4.77. The smallest absolute Gasteiger partial charge is 0.248 e. The molecule has 3 aromatic rings. The SMILES string of the molecule is CC(C)(C)NC(=O)[C@H](c1ccc(F)cc1)N(C(=O)CCC(=O)Nc1ccccn1)c1cccc(F)c1. The van der Waals surface area contributed by atoms with Gasteiger partial charge < -0.3 is 10.6 Å². The van der Waals surface area contributed by atoms with E-state index in [0.717, 1.165) is 11.0 Å². The normalized spacial score (nSPS) is 11.9. The Hall–Kier alpha value is -4.14. The molecule has 0 aliphatic heterocycles. The molecule has 0 aliphatic carbocycles. The molecule has 1 aromatic heterocycles. The highest BCUT2D eigenvalue weighted by atomic mass is 19.1. The summed E-state index contributed by atoms with van der Waals surface area (Å²) in [5.41, 5.74) is -0.189. The van der Waals surface area contributed by atoms with Gasteiger partial charge in [0, 0.05) is 30.3 Å². The molecule has 9 heteroatoms. The fourth-order valence-electron chi connectivity index (χ4n) is 3.55. The number of nitrogens with one attached hydrogen (secondary N) is 2. The van der Waals surface area contributed by atoms with E-state index in [2.05, 4.69) is 15.6 Å². The van der Waals surface area contributed by atoms with Gasteiger partial charge in [-0.25, -0.2) is 13.8 Å². The zero-order chi connectivity index (χ0) is 26.3. The molecule has 0 fully saturated rings. The summed E-state index contributed by atoms with van der Waals surface area (Å²) in [6.07, 6.45) is 1.06. The zero-order valence-electron chi connectivity index (χ0n) is 20.3. The molecule has 0 spiro atoms. The average Bonchev–Trinajstić information content (AvgIpc) is 2.81. The fourth-order valence-corrected chi connectivity index (χ4v) is 3.55. The molecule has 0 saturated carbocycles. The Labute approximate surface area is 208 Å². The molecule has 0 bridgehead atoms. The number of aromatic nitrogens is 1. The highest BCUT2D eigenvalue weighted by molar-refractivity contribution is 6.03. The summed E-state index contributed by atoms with van der Waals surface area (Å²) < 4.78 is 27.8. The third-order valence-electron chi connectivity index (χ3n) is 5.04. The van der Waals surface area contributed by atoms with Crippen LogP contribution in [-0.4, -0.2) is 28.2 Å².